The van der Waals surface area contributed by atoms with Crippen molar-refractivity contribution in [1.29, 1.82) is 0 Å². The SMILES string of the molecule is C#[N+][C@]1(CO[P@@](=O)(N[C@@H](C)C(=O)OC(C)C)Oc2ccccc2)O[C@@H](c2ccc3c(N)ncnn23)[C@H](OC(=O)C(C)C)[C@@H]1OC(=O)C(C)C. The molecule has 1 fully saturated rings. The second-order valence-electron chi connectivity index (χ2n) is 12.3. The quantitative estimate of drug-likeness (QED) is 0.137. The molecule has 0 amide bonds. The Hall–Kier alpha value is -4.55. The first kappa shape index (κ1) is 37.3. The Labute approximate surface area is 283 Å². The number of nitrogens with zero attached hydrogens (tertiary/aromatic N) is 4. The van der Waals surface area contributed by atoms with Gasteiger partial charge in [0.1, 0.15) is 29.7 Å². The Bertz CT molecular complexity index is 1740. The molecule has 4 rings (SSSR count). The molecule has 1 aliphatic rings. The van der Waals surface area contributed by atoms with Crippen molar-refractivity contribution in [3.63, 3.8) is 0 Å². The van der Waals surface area contributed by atoms with Gasteiger partial charge >= 0.3 is 31.4 Å². The summed E-state index contributed by atoms with van der Waals surface area (Å²) < 4.78 is 51.0. The fourth-order valence-electron chi connectivity index (χ4n) is 4.77. The van der Waals surface area contributed by atoms with Crippen LogP contribution in [0.4, 0.5) is 5.82 Å². The number of nitrogens with one attached hydrogen (secondary N) is 1. The van der Waals surface area contributed by atoms with Crippen LogP contribution in [0.1, 0.15) is 60.3 Å². The van der Waals surface area contributed by atoms with Crippen LogP contribution in [-0.2, 0) is 42.4 Å². The predicted molar refractivity (Wildman–Crippen MR) is 176 cm³/mol. The van der Waals surface area contributed by atoms with Gasteiger partial charge in [-0.1, -0.05) is 45.9 Å². The lowest BCUT2D eigenvalue weighted by molar-refractivity contribution is -0.174. The van der Waals surface area contributed by atoms with Gasteiger partial charge in [-0.15, -0.1) is 0 Å². The third-order valence-corrected chi connectivity index (χ3v) is 8.92. The normalized spacial score (nSPS) is 22.4. The molecular weight excluding hydrogens is 659 g/mol. The van der Waals surface area contributed by atoms with Crippen molar-refractivity contribution in [2.75, 3.05) is 12.3 Å². The molecule has 1 aromatic carbocycles. The van der Waals surface area contributed by atoms with E-state index in [9.17, 15) is 18.9 Å². The molecule has 1 saturated heterocycles. The Morgan fingerprint density at radius 1 is 1.02 bits per heavy atom. The van der Waals surface area contributed by atoms with Crippen LogP contribution in [0.5, 0.6) is 5.75 Å². The van der Waals surface area contributed by atoms with Crippen LogP contribution in [0.15, 0.2) is 48.8 Å². The molecule has 0 saturated carbocycles. The highest BCUT2D eigenvalue weighted by Crippen LogP contribution is 2.50. The number of anilines is 1. The van der Waals surface area contributed by atoms with Crippen LogP contribution in [0.3, 0.4) is 0 Å². The van der Waals surface area contributed by atoms with E-state index in [1.54, 1.807) is 71.9 Å². The highest BCUT2D eigenvalue weighted by Gasteiger charge is 2.70. The maximum atomic E-state index is 14.4. The van der Waals surface area contributed by atoms with Crippen molar-refractivity contribution in [3.8, 4) is 12.3 Å². The number of fused-ring (bicyclic) bond motifs is 1. The summed E-state index contributed by atoms with van der Waals surface area (Å²) in [5, 5.41) is 6.85. The van der Waals surface area contributed by atoms with Crippen molar-refractivity contribution in [3.05, 3.63) is 59.3 Å². The van der Waals surface area contributed by atoms with Crippen LogP contribution in [-0.4, -0.2) is 69.2 Å². The monoisotopic (exact) mass is 701 g/mol. The lowest BCUT2D eigenvalue weighted by Gasteiger charge is -2.27. The van der Waals surface area contributed by atoms with Gasteiger partial charge in [0.2, 0.25) is 0 Å². The lowest BCUT2D eigenvalue weighted by Crippen LogP contribution is -2.49. The molecule has 0 bridgehead atoms. The standard InChI is InChI=1S/C32H42N6O10P/c1-18(2)29(39)45-26-25(23-14-15-24-28(33)35-17-36-38(23)24)47-32(34-8,27(26)46-30(40)19(3)4)16-43-49(42,48-22-12-10-9-11-13-22)37-21(7)31(41)44-20(5)6/h8-15,17-21,25-27H,16H2,1-7H3,(H,37,42)(H2,33,35,36)/q+1/t21-,25-,26-,27-,32+,49-/m0/s1. The van der Waals surface area contributed by atoms with Gasteiger partial charge in [-0.3, -0.25) is 23.6 Å². The van der Waals surface area contributed by atoms with E-state index in [0.29, 0.717) is 11.2 Å². The molecule has 2 aromatic heterocycles. The zero-order valence-electron chi connectivity index (χ0n) is 28.3. The van der Waals surface area contributed by atoms with Gasteiger partial charge in [0.05, 0.1) is 23.6 Å². The Kier molecular flexibility index (Phi) is 11.7. The highest BCUT2D eigenvalue weighted by atomic mass is 31.2. The minimum Gasteiger partial charge on any atom is -0.462 e. The molecule has 264 valence electrons. The van der Waals surface area contributed by atoms with Crippen LogP contribution >= 0.6 is 7.75 Å². The molecule has 0 unspecified atom stereocenters. The number of benzene rings is 1. The number of hydrogen-bond acceptors (Lipinski definition) is 13. The van der Waals surface area contributed by atoms with Gasteiger partial charge in [-0.25, -0.2) is 14.1 Å². The topological polar surface area (TPSA) is 196 Å². The summed E-state index contributed by atoms with van der Waals surface area (Å²) in [6.45, 7) is 16.4. The number of para-hydroxylation sites is 1. The third kappa shape index (κ3) is 8.55. The predicted octanol–water partition coefficient (Wildman–Crippen LogP) is 4.31. The van der Waals surface area contributed by atoms with Gasteiger partial charge in [0.15, 0.2) is 18.5 Å². The summed E-state index contributed by atoms with van der Waals surface area (Å²) in [5.41, 5.74) is 4.64. The summed E-state index contributed by atoms with van der Waals surface area (Å²) in [6, 6.07) is 10.1. The average Bonchev–Trinajstić information content (AvgIpc) is 3.60. The number of nitrogen functional groups attached to an aromatic ring is 1. The minimum atomic E-state index is -4.51. The van der Waals surface area contributed by atoms with E-state index in [-0.39, 0.29) is 11.6 Å². The molecule has 6 atom stereocenters. The van der Waals surface area contributed by atoms with Gasteiger partial charge in [-0.2, -0.15) is 10.2 Å². The van der Waals surface area contributed by atoms with Crippen LogP contribution in [0.25, 0.3) is 10.4 Å². The maximum Gasteiger partial charge on any atom is 0.459 e. The first-order valence-electron chi connectivity index (χ1n) is 15.7. The summed E-state index contributed by atoms with van der Waals surface area (Å²) in [5.74, 6) is -3.02. The fraction of sp³-hybridized carbons (Fsp3) is 0.500. The number of esters is 3. The number of aromatic nitrogens is 3. The van der Waals surface area contributed by atoms with Crippen LogP contribution in [0.2, 0.25) is 0 Å². The second kappa shape index (κ2) is 15.3. The van der Waals surface area contributed by atoms with E-state index < -0.39 is 80.3 Å². The molecule has 49 heavy (non-hydrogen) atoms. The first-order chi connectivity index (χ1) is 23.1. The third-order valence-electron chi connectivity index (χ3n) is 7.30. The molecular formula is C32H42N6O10P+. The summed E-state index contributed by atoms with van der Waals surface area (Å²) in [4.78, 5) is 46.9. The molecule has 3 aromatic rings. The van der Waals surface area contributed by atoms with Gasteiger partial charge < -0.3 is 24.5 Å². The number of hydrogen-bond donors (Lipinski definition) is 2. The molecule has 16 nitrogen and oxygen atoms in total. The Morgan fingerprint density at radius 3 is 2.29 bits per heavy atom. The maximum absolute atomic E-state index is 14.4. The molecule has 0 aliphatic carbocycles. The molecule has 3 N–H and O–H groups in total. The zero-order valence-corrected chi connectivity index (χ0v) is 29.2. The average molecular weight is 702 g/mol. The lowest BCUT2D eigenvalue weighted by atomic mass is 10.0. The largest absolute Gasteiger partial charge is 0.462 e. The zero-order chi connectivity index (χ0) is 36.1. The van der Waals surface area contributed by atoms with Crippen molar-refractivity contribution < 1.29 is 46.9 Å². The van der Waals surface area contributed by atoms with Crippen LogP contribution < -0.4 is 15.3 Å². The van der Waals surface area contributed by atoms with Gasteiger partial charge in [0.25, 0.3) is 12.7 Å². The summed E-state index contributed by atoms with van der Waals surface area (Å²) in [6.07, 6.45) is -3.38. The number of carbonyl (C=O) groups excluding carboxylic acids is 3. The van der Waals surface area contributed by atoms with E-state index in [1.807, 2.05) is 0 Å². The Balaban J connectivity index is 1.80. The van der Waals surface area contributed by atoms with Gasteiger partial charge in [-0.05, 0) is 49.9 Å². The van der Waals surface area contributed by atoms with E-state index in [1.165, 1.54) is 29.9 Å². The highest BCUT2D eigenvalue weighted by molar-refractivity contribution is 7.52. The Morgan fingerprint density at radius 2 is 1.67 bits per heavy atom. The summed E-state index contributed by atoms with van der Waals surface area (Å²) >= 11 is 0. The van der Waals surface area contributed by atoms with E-state index in [2.05, 4.69) is 20.0 Å². The van der Waals surface area contributed by atoms with E-state index in [4.69, 9.17) is 40.3 Å². The smallest absolute Gasteiger partial charge is 0.459 e. The number of carbonyl (C=O) groups is 3. The molecule has 17 heteroatoms. The number of nitrogens with two attached hydrogens (primary N) is 1. The molecule has 0 radical (unpaired) electrons. The van der Waals surface area contributed by atoms with E-state index >= 15 is 0 Å². The molecule has 3 heterocycles. The number of ether oxygens (including phenoxy) is 4. The first-order valence-corrected chi connectivity index (χ1v) is 17.2. The minimum absolute atomic E-state index is 0.134. The second-order valence-corrected chi connectivity index (χ2v) is 14.0. The van der Waals surface area contributed by atoms with Crippen molar-refractivity contribution in [2.24, 2.45) is 11.8 Å². The number of rotatable bonds is 14. The fourth-order valence-corrected chi connectivity index (χ4v) is 6.28. The molecule has 0 spiro atoms. The van der Waals surface area contributed by atoms with Gasteiger partial charge in [0, 0.05) is 0 Å². The van der Waals surface area contributed by atoms with Crippen molar-refractivity contribution in [1.82, 2.24) is 19.7 Å². The van der Waals surface area contributed by atoms with E-state index in [0.717, 1.165) is 0 Å². The van der Waals surface area contributed by atoms with Crippen molar-refractivity contribution in [2.45, 2.75) is 84.6 Å². The molecule has 1 aliphatic heterocycles. The summed E-state index contributed by atoms with van der Waals surface area (Å²) in [7, 11) is -4.51. The van der Waals surface area contributed by atoms with Crippen molar-refractivity contribution >= 4 is 37.0 Å². The van der Waals surface area contributed by atoms with Crippen LogP contribution in [0, 0.1) is 18.4 Å².